The van der Waals surface area contributed by atoms with Crippen LogP contribution in [0, 0.1) is 0 Å². The zero-order valence-corrected chi connectivity index (χ0v) is 13.3. The molecule has 21 heavy (non-hydrogen) atoms. The first-order chi connectivity index (χ1) is 10.1. The summed E-state index contributed by atoms with van der Waals surface area (Å²) in [5.41, 5.74) is 1.66. The second-order valence-electron chi connectivity index (χ2n) is 5.51. The van der Waals surface area contributed by atoms with E-state index in [1.54, 1.807) is 0 Å². The van der Waals surface area contributed by atoms with Crippen molar-refractivity contribution >= 4 is 18.6 Å². The van der Waals surface area contributed by atoms with Crippen LogP contribution in [0.25, 0.3) is 5.31 Å². The van der Waals surface area contributed by atoms with E-state index < -0.39 is 7.60 Å². The van der Waals surface area contributed by atoms with Crippen LogP contribution in [0.3, 0.4) is 0 Å². The Morgan fingerprint density at radius 3 is 2.33 bits per heavy atom. The first-order valence-electron chi connectivity index (χ1n) is 7.20. The Labute approximate surface area is 124 Å². The van der Waals surface area contributed by atoms with Crippen molar-refractivity contribution in [3.8, 4) is 0 Å². The molecule has 114 valence electrons. The molecule has 3 rings (SSSR count). The van der Waals surface area contributed by atoms with Crippen molar-refractivity contribution in [1.82, 2.24) is 4.48 Å². The van der Waals surface area contributed by atoms with Crippen molar-refractivity contribution in [3.63, 3.8) is 0 Å². The number of para-hydroxylation sites is 1. The Kier molecular flexibility index (Phi) is 3.70. The molecule has 1 fully saturated rings. The lowest BCUT2D eigenvalue weighted by molar-refractivity contribution is -0.328. The normalized spacial score (nSPS) is 20.9. The van der Waals surface area contributed by atoms with Crippen molar-refractivity contribution in [2.24, 2.45) is 0 Å². The van der Waals surface area contributed by atoms with Crippen molar-refractivity contribution in [2.45, 2.75) is 19.3 Å². The average Bonchev–Trinajstić information content (AvgIpc) is 2.78. The number of nitrogens with zero attached hydrogens (tertiary/aromatic N) is 1. The third kappa shape index (κ3) is 2.00. The molecule has 6 heteroatoms. The quantitative estimate of drug-likeness (QED) is 0.636. The summed E-state index contributed by atoms with van der Waals surface area (Å²) in [4.78, 5) is 0. The number of fused-ring (bicyclic) bond motifs is 2. The van der Waals surface area contributed by atoms with Gasteiger partial charge in [-0.3, -0.25) is 9.05 Å². The average molecular weight is 309 g/mol. The van der Waals surface area contributed by atoms with E-state index in [1.807, 2.05) is 24.3 Å². The monoisotopic (exact) mass is 309 g/mol. The van der Waals surface area contributed by atoms with Crippen LogP contribution in [0.15, 0.2) is 30.1 Å². The Balaban J connectivity index is 2.25. The molecule has 2 aliphatic rings. The van der Waals surface area contributed by atoms with Gasteiger partial charge in [0, 0.05) is 20.3 Å². The van der Waals surface area contributed by atoms with Crippen LogP contribution in [0.5, 0.6) is 0 Å². The van der Waals surface area contributed by atoms with E-state index >= 15 is 0 Å². The molecule has 0 aliphatic carbocycles. The van der Waals surface area contributed by atoms with Gasteiger partial charge in [0.2, 0.25) is 0 Å². The van der Waals surface area contributed by atoms with Gasteiger partial charge in [-0.1, -0.05) is 12.1 Å². The zero-order chi connectivity index (χ0) is 15.1. The molecule has 0 bridgehead atoms. The highest BCUT2D eigenvalue weighted by Crippen LogP contribution is 2.65. The van der Waals surface area contributed by atoms with Gasteiger partial charge in [0.15, 0.2) is 0 Å². The minimum Gasteiger partial charge on any atom is -0.830 e. The lowest BCUT2D eigenvalue weighted by Gasteiger charge is -2.42. The lowest BCUT2D eigenvalue weighted by Crippen LogP contribution is -2.53. The zero-order valence-electron chi connectivity index (χ0n) is 12.4. The highest BCUT2D eigenvalue weighted by molar-refractivity contribution is 7.65. The Morgan fingerprint density at radius 1 is 1.10 bits per heavy atom. The number of piperidine rings is 1. The minimum atomic E-state index is -3.56. The Morgan fingerprint density at radius 2 is 1.71 bits per heavy atom. The molecular weight excluding hydrogens is 289 g/mol. The number of rotatable bonds is 3. The maximum Gasteiger partial charge on any atom is 0.366 e. The second kappa shape index (κ2) is 5.25. The summed E-state index contributed by atoms with van der Waals surface area (Å²) >= 11 is 0. The Bertz CT molecular complexity index is 626. The van der Waals surface area contributed by atoms with E-state index in [0.717, 1.165) is 43.6 Å². The molecule has 0 radical (unpaired) electrons. The van der Waals surface area contributed by atoms with Crippen LogP contribution >= 0.6 is 7.60 Å². The number of benzene rings is 1. The fourth-order valence-corrected chi connectivity index (χ4v) is 4.92. The van der Waals surface area contributed by atoms with Crippen LogP contribution in [-0.2, 0) is 13.6 Å². The SMILES string of the molecule is COP(=O)(OC)C1=C([O-])[N+]2(CCCCC2)c2ccccc21. The molecule has 1 aromatic rings. The molecule has 0 unspecified atom stereocenters. The van der Waals surface area contributed by atoms with Crippen LogP contribution in [0.2, 0.25) is 0 Å². The second-order valence-corrected chi connectivity index (χ2v) is 7.68. The van der Waals surface area contributed by atoms with Crippen molar-refractivity contribution in [1.29, 1.82) is 0 Å². The summed E-state index contributed by atoms with van der Waals surface area (Å²) in [6, 6.07) is 7.58. The van der Waals surface area contributed by atoms with E-state index in [4.69, 9.17) is 9.05 Å². The van der Waals surface area contributed by atoms with E-state index in [0.29, 0.717) is 0 Å². The van der Waals surface area contributed by atoms with Crippen LogP contribution < -0.4 is 9.59 Å². The van der Waals surface area contributed by atoms with E-state index in [1.165, 1.54) is 14.2 Å². The molecule has 5 nitrogen and oxygen atoms in total. The van der Waals surface area contributed by atoms with Crippen molar-refractivity contribution < 1.29 is 18.7 Å². The topological polar surface area (TPSA) is 58.6 Å². The van der Waals surface area contributed by atoms with Gasteiger partial charge >= 0.3 is 7.60 Å². The van der Waals surface area contributed by atoms with Gasteiger partial charge in [0.25, 0.3) is 0 Å². The molecule has 0 saturated carbocycles. The molecular formula is C15H20NO4P. The summed E-state index contributed by atoms with van der Waals surface area (Å²) in [6.07, 6.45) is 3.13. The highest BCUT2D eigenvalue weighted by atomic mass is 31.2. The van der Waals surface area contributed by atoms with Gasteiger partial charge in [-0.15, -0.1) is 0 Å². The summed E-state index contributed by atoms with van der Waals surface area (Å²) in [7, 11) is -0.908. The number of hydrogen-bond acceptors (Lipinski definition) is 4. The fraction of sp³-hybridized carbons (Fsp3) is 0.467. The maximum atomic E-state index is 13.1. The molecule has 0 aromatic heterocycles. The van der Waals surface area contributed by atoms with Gasteiger partial charge < -0.3 is 14.2 Å². The summed E-state index contributed by atoms with van der Waals surface area (Å²) < 4.78 is 23.3. The largest absolute Gasteiger partial charge is 0.830 e. The molecule has 0 N–H and O–H groups in total. The van der Waals surface area contributed by atoms with E-state index in [9.17, 15) is 9.67 Å². The highest BCUT2D eigenvalue weighted by Gasteiger charge is 2.48. The van der Waals surface area contributed by atoms with E-state index in [2.05, 4.69) is 0 Å². The van der Waals surface area contributed by atoms with E-state index in [-0.39, 0.29) is 15.7 Å². The predicted molar refractivity (Wildman–Crippen MR) is 80.4 cm³/mol. The van der Waals surface area contributed by atoms with Crippen LogP contribution in [0.4, 0.5) is 5.69 Å². The van der Waals surface area contributed by atoms with Gasteiger partial charge in [-0.25, -0.2) is 0 Å². The van der Waals surface area contributed by atoms with Gasteiger partial charge in [-0.05, 0) is 25.3 Å². The standard InChI is InChI=1S/C15H20NO4P/c1-19-21(18,20-2)14-12-8-4-5-9-13(12)16(15(14)17)10-6-3-7-11-16/h4-5,8-9H,3,6-7,10-11H2,1-2H3. The van der Waals surface area contributed by atoms with Gasteiger partial charge in [0.1, 0.15) is 11.0 Å². The molecule has 0 atom stereocenters. The van der Waals surface area contributed by atoms with Gasteiger partial charge in [-0.2, -0.15) is 0 Å². The maximum absolute atomic E-state index is 13.1. The minimum absolute atomic E-state index is 0.122. The predicted octanol–water partition coefficient (Wildman–Crippen LogP) is 2.66. The first-order valence-corrected chi connectivity index (χ1v) is 8.74. The summed E-state index contributed by atoms with van der Waals surface area (Å²) in [5, 5.41) is 13.3. The van der Waals surface area contributed by atoms with Crippen LogP contribution in [-0.4, -0.2) is 27.3 Å². The smallest absolute Gasteiger partial charge is 0.366 e. The lowest BCUT2D eigenvalue weighted by atomic mass is 10.1. The van der Waals surface area contributed by atoms with Crippen LogP contribution in [0.1, 0.15) is 24.8 Å². The first kappa shape index (κ1) is 14.8. The van der Waals surface area contributed by atoms with Gasteiger partial charge in [0.05, 0.1) is 24.5 Å². The van der Waals surface area contributed by atoms with Crippen molar-refractivity contribution in [3.05, 3.63) is 35.7 Å². The summed E-state index contributed by atoms with van der Waals surface area (Å²) in [5.74, 6) is -0.122. The molecule has 2 heterocycles. The molecule has 1 saturated heterocycles. The molecule has 2 aliphatic heterocycles. The number of hydrogen-bond donors (Lipinski definition) is 0. The number of quaternary nitrogens is 1. The fourth-order valence-electron chi connectivity index (χ4n) is 3.49. The molecule has 1 aromatic carbocycles. The van der Waals surface area contributed by atoms with Crippen molar-refractivity contribution in [2.75, 3.05) is 27.3 Å². The Hall–Kier alpha value is -1.13. The third-order valence-electron chi connectivity index (χ3n) is 4.55. The molecule has 0 amide bonds. The third-order valence-corrected chi connectivity index (χ3v) is 6.49. The summed E-state index contributed by atoms with van der Waals surface area (Å²) in [6.45, 7) is 1.51. The molecule has 1 spiro atoms.